The van der Waals surface area contributed by atoms with Gasteiger partial charge in [0.2, 0.25) is 0 Å². The second kappa shape index (κ2) is 11.3. The lowest BCUT2D eigenvalue weighted by Crippen LogP contribution is -2.16. The molecule has 34 heavy (non-hydrogen) atoms. The Morgan fingerprint density at radius 3 is 2.44 bits per heavy atom. The van der Waals surface area contributed by atoms with Crippen LogP contribution < -0.4 is 14.8 Å². The average molecular weight is 460 g/mol. The molecule has 0 saturated heterocycles. The van der Waals surface area contributed by atoms with Crippen molar-refractivity contribution < 1.29 is 28.2 Å². The zero-order chi connectivity index (χ0) is 24.5. The van der Waals surface area contributed by atoms with Crippen molar-refractivity contribution in [2.75, 3.05) is 19.5 Å². The highest BCUT2D eigenvalue weighted by Crippen LogP contribution is 2.30. The van der Waals surface area contributed by atoms with Crippen molar-refractivity contribution in [3.05, 3.63) is 94.8 Å². The Morgan fingerprint density at radius 2 is 1.76 bits per heavy atom. The third-order valence-electron chi connectivity index (χ3n) is 4.75. The first-order chi connectivity index (χ1) is 16.4. The van der Waals surface area contributed by atoms with Crippen LogP contribution in [-0.2, 0) is 16.1 Å². The van der Waals surface area contributed by atoms with Gasteiger partial charge in [0.15, 0.2) is 11.5 Å². The number of methoxy groups -OCH3 is 2. The molecule has 3 aromatic carbocycles. The van der Waals surface area contributed by atoms with Crippen LogP contribution in [0.1, 0.15) is 21.5 Å². The summed E-state index contributed by atoms with van der Waals surface area (Å²) in [5, 5.41) is 12.1. The van der Waals surface area contributed by atoms with Gasteiger partial charge in [-0.1, -0.05) is 30.3 Å². The number of carbonyl (C=O) groups is 2. The number of hydrogen-bond donors (Lipinski definition) is 1. The van der Waals surface area contributed by atoms with E-state index in [-0.39, 0.29) is 29.2 Å². The van der Waals surface area contributed by atoms with E-state index >= 15 is 0 Å². The van der Waals surface area contributed by atoms with Gasteiger partial charge in [-0.3, -0.25) is 4.79 Å². The molecule has 0 aliphatic heterocycles. The third kappa shape index (κ3) is 5.99. The van der Waals surface area contributed by atoms with E-state index in [0.29, 0.717) is 17.1 Å². The SMILES string of the molecule is COC(=O)c1ccccc1NC(=O)/C(C#N)=C/c1ccc(OCc2ccc(F)cc2)c(OC)c1. The summed E-state index contributed by atoms with van der Waals surface area (Å²) in [5.41, 5.74) is 1.52. The maximum Gasteiger partial charge on any atom is 0.339 e. The molecule has 7 nitrogen and oxygen atoms in total. The Morgan fingerprint density at radius 1 is 1.03 bits per heavy atom. The van der Waals surface area contributed by atoms with E-state index in [1.807, 2.05) is 6.07 Å². The summed E-state index contributed by atoms with van der Waals surface area (Å²) >= 11 is 0. The molecule has 1 amide bonds. The van der Waals surface area contributed by atoms with Crippen LogP contribution in [0.5, 0.6) is 11.5 Å². The number of nitrogens with zero attached hydrogens (tertiary/aromatic N) is 1. The monoisotopic (exact) mass is 460 g/mol. The molecule has 1 N–H and O–H groups in total. The van der Waals surface area contributed by atoms with Gasteiger partial charge in [-0.2, -0.15) is 5.26 Å². The predicted molar refractivity (Wildman–Crippen MR) is 124 cm³/mol. The normalized spacial score (nSPS) is 10.7. The van der Waals surface area contributed by atoms with Gasteiger partial charge in [-0.25, -0.2) is 9.18 Å². The highest BCUT2D eigenvalue weighted by atomic mass is 19.1. The topological polar surface area (TPSA) is 97.7 Å². The standard InChI is InChI=1S/C26H21FN2O5/c1-32-24-14-18(9-12-23(24)34-16-17-7-10-20(27)11-8-17)13-19(15-28)25(30)29-22-6-4-3-5-21(22)26(31)33-2/h3-14H,16H2,1-2H3,(H,29,30)/b19-13+. The molecule has 3 aromatic rings. The van der Waals surface area contributed by atoms with Crippen LogP contribution in [0.2, 0.25) is 0 Å². The fraction of sp³-hybridized carbons (Fsp3) is 0.115. The number of benzene rings is 3. The number of ether oxygens (including phenoxy) is 3. The average Bonchev–Trinajstić information content (AvgIpc) is 2.87. The summed E-state index contributed by atoms with van der Waals surface area (Å²) in [7, 11) is 2.71. The second-order valence-electron chi connectivity index (χ2n) is 6.99. The molecule has 0 heterocycles. The number of rotatable bonds is 8. The Kier molecular flexibility index (Phi) is 7.97. The molecule has 3 rings (SSSR count). The fourth-order valence-electron chi connectivity index (χ4n) is 3.02. The largest absolute Gasteiger partial charge is 0.493 e. The zero-order valence-electron chi connectivity index (χ0n) is 18.5. The molecule has 0 saturated carbocycles. The van der Waals surface area contributed by atoms with Crippen LogP contribution in [0.25, 0.3) is 6.08 Å². The van der Waals surface area contributed by atoms with E-state index in [1.54, 1.807) is 42.5 Å². The molecule has 172 valence electrons. The highest BCUT2D eigenvalue weighted by Gasteiger charge is 2.16. The van der Waals surface area contributed by atoms with Crippen LogP contribution in [0, 0.1) is 17.1 Å². The Hall–Kier alpha value is -4.64. The maximum atomic E-state index is 13.1. The molecule has 0 unspecified atom stereocenters. The molecular weight excluding hydrogens is 439 g/mol. The molecular formula is C26H21FN2O5. The van der Waals surface area contributed by atoms with Gasteiger partial charge in [0.25, 0.3) is 5.91 Å². The van der Waals surface area contributed by atoms with Crippen molar-refractivity contribution in [3.63, 3.8) is 0 Å². The molecule has 0 aliphatic carbocycles. The first-order valence-corrected chi connectivity index (χ1v) is 10.1. The van der Waals surface area contributed by atoms with Crippen LogP contribution >= 0.6 is 0 Å². The highest BCUT2D eigenvalue weighted by molar-refractivity contribution is 6.12. The maximum absolute atomic E-state index is 13.1. The Balaban J connectivity index is 1.78. The van der Waals surface area contributed by atoms with Crippen molar-refractivity contribution in [2.24, 2.45) is 0 Å². The van der Waals surface area contributed by atoms with Gasteiger partial charge in [0.05, 0.1) is 25.5 Å². The van der Waals surface area contributed by atoms with Gasteiger partial charge >= 0.3 is 5.97 Å². The molecule has 8 heteroatoms. The minimum absolute atomic E-state index is 0.167. The van der Waals surface area contributed by atoms with Crippen molar-refractivity contribution in [2.45, 2.75) is 6.61 Å². The lowest BCUT2D eigenvalue weighted by atomic mass is 10.1. The summed E-state index contributed by atoms with van der Waals surface area (Å²) in [4.78, 5) is 24.6. The predicted octanol–water partition coefficient (Wildman–Crippen LogP) is 4.75. The van der Waals surface area contributed by atoms with Crippen molar-refractivity contribution in [1.82, 2.24) is 0 Å². The van der Waals surface area contributed by atoms with Gasteiger partial charge in [0, 0.05) is 0 Å². The molecule has 0 fully saturated rings. The summed E-state index contributed by atoms with van der Waals surface area (Å²) in [6.45, 7) is 0.206. The van der Waals surface area contributed by atoms with Crippen molar-refractivity contribution in [3.8, 4) is 17.6 Å². The molecule has 0 aromatic heterocycles. The quantitative estimate of drug-likeness (QED) is 0.296. The number of anilines is 1. The number of para-hydroxylation sites is 1. The van der Waals surface area contributed by atoms with Crippen LogP contribution in [0.3, 0.4) is 0 Å². The van der Waals surface area contributed by atoms with E-state index in [2.05, 4.69) is 5.32 Å². The number of carbonyl (C=O) groups excluding carboxylic acids is 2. The lowest BCUT2D eigenvalue weighted by molar-refractivity contribution is -0.112. The molecule has 0 spiro atoms. The lowest BCUT2D eigenvalue weighted by Gasteiger charge is -2.12. The van der Waals surface area contributed by atoms with E-state index in [9.17, 15) is 19.2 Å². The third-order valence-corrected chi connectivity index (χ3v) is 4.75. The smallest absolute Gasteiger partial charge is 0.339 e. The zero-order valence-corrected chi connectivity index (χ0v) is 18.5. The number of nitrogens with one attached hydrogen (secondary N) is 1. The van der Waals surface area contributed by atoms with Crippen molar-refractivity contribution >= 4 is 23.6 Å². The summed E-state index contributed by atoms with van der Waals surface area (Å²) in [6.07, 6.45) is 1.39. The van der Waals surface area contributed by atoms with Crippen LogP contribution in [-0.4, -0.2) is 26.1 Å². The van der Waals surface area contributed by atoms with E-state index < -0.39 is 11.9 Å². The molecule has 0 atom stereocenters. The molecule has 0 bridgehead atoms. The van der Waals surface area contributed by atoms with Gasteiger partial charge in [0.1, 0.15) is 24.1 Å². The molecule has 0 aliphatic rings. The van der Waals surface area contributed by atoms with E-state index in [1.165, 1.54) is 44.6 Å². The van der Waals surface area contributed by atoms with Crippen molar-refractivity contribution in [1.29, 1.82) is 5.26 Å². The number of amides is 1. The fourth-order valence-corrected chi connectivity index (χ4v) is 3.02. The number of hydrogen-bond acceptors (Lipinski definition) is 6. The minimum atomic E-state index is -0.686. The summed E-state index contributed by atoms with van der Waals surface area (Å²) < 4.78 is 28.9. The minimum Gasteiger partial charge on any atom is -0.493 e. The summed E-state index contributed by atoms with van der Waals surface area (Å²) in [5.74, 6) is -0.791. The first-order valence-electron chi connectivity index (χ1n) is 10.1. The number of esters is 1. The number of nitriles is 1. The Labute approximate surface area is 196 Å². The van der Waals surface area contributed by atoms with Gasteiger partial charge in [-0.15, -0.1) is 0 Å². The molecule has 0 radical (unpaired) electrons. The van der Waals surface area contributed by atoms with Crippen LogP contribution in [0.4, 0.5) is 10.1 Å². The van der Waals surface area contributed by atoms with E-state index in [4.69, 9.17) is 14.2 Å². The van der Waals surface area contributed by atoms with Crippen LogP contribution in [0.15, 0.2) is 72.3 Å². The first kappa shape index (κ1) is 24.0. The van der Waals surface area contributed by atoms with E-state index in [0.717, 1.165) is 5.56 Å². The van der Waals surface area contributed by atoms with Gasteiger partial charge < -0.3 is 19.5 Å². The number of halogens is 1. The second-order valence-corrected chi connectivity index (χ2v) is 6.99. The van der Waals surface area contributed by atoms with Gasteiger partial charge in [-0.05, 0) is 53.6 Å². The summed E-state index contributed by atoms with van der Waals surface area (Å²) in [6, 6.07) is 19.1. The Bertz CT molecular complexity index is 1260.